The Morgan fingerprint density at radius 3 is 2.67 bits per heavy atom. The number of hydrogen-bond acceptors (Lipinski definition) is 6. The molecule has 4 heterocycles. The third-order valence-corrected chi connectivity index (χ3v) is 7.03. The Kier molecular flexibility index (Phi) is 4.67. The lowest BCUT2D eigenvalue weighted by Crippen LogP contribution is -2.40. The number of piperidine rings is 1. The number of benzene rings is 1. The summed E-state index contributed by atoms with van der Waals surface area (Å²) in [6.45, 7) is 1.48. The summed E-state index contributed by atoms with van der Waals surface area (Å²) in [6, 6.07) is 8.17. The highest BCUT2D eigenvalue weighted by Gasteiger charge is 2.28. The molecule has 1 aliphatic carbocycles. The van der Waals surface area contributed by atoms with Gasteiger partial charge in [0.25, 0.3) is 5.91 Å². The van der Waals surface area contributed by atoms with Crippen LogP contribution in [-0.2, 0) is 7.05 Å². The van der Waals surface area contributed by atoms with Gasteiger partial charge in [0.15, 0.2) is 17.0 Å². The van der Waals surface area contributed by atoms with Gasteiger partial charge in [-0.25, -0.2) is 19.7 Å². The lowest BCUT2D eigenvalue weighted by Gasteiger charge is -2.33. The van der Waals surface area contributed by atoms with Crippen molar-refractivity contribution in [3.8, 4) is 0 Å². The molecule has 0 unspecified atom stereocenters. The van der Waals surface area contributed by atoms with E-state index in [0.717, 1.165) is 62.0 Å². The number of hydrogen-bond donors (Lipinski definition) is 2. The molecule has 33 heavy (non-hydrogen) atoms. The van der Waals surface area contributed by atoms with Gasteiger partial charge in [-0.1, -0.05) is 12.1 Å². The van der Waals surface area contributed by atoms with Gasteiger partial charge >= 0.3 is 5.69 Å². The number of aryl methyl sites for hydroxylation is 1. The SMILES string of the molecule is Cn1c(C(=O)NC2CCC2)nc2c(N3CCC(n4c(=O)[nH]c5ccccc54)CC3)ncnc21. The number of aromatic amines is 1. The van der Waals surface area contributed by atoms with Crippen molar-refractivity contribution < 1.29 is 4.79 Å². The standard InChI is InChI=1S/C23H26N8O2/c1-29-19-18(28-21(29)22(32)26-14-5-4-6-14)20(25-13-24-19)30-11-9-15(10-12-30)31-17-8-3-2-7-16(17)27-23(31)33/h2-3,7-8,13-15H,4-6,9-12H2,1H3,(H,26,32)(H,27,33). The molecule has 0 atom stereocenters. The minimum Gasteiger partial charge on any atom is -0.355 e. The minimum absolute atomic E-state index is 0.0640. The number of nitrogens with one attached hydrogen (secondary N) is 2. The number of fused-ring (bicyclic) bond motifs is 2. The number of H-pyrrole nitrogens is 1. The molecule has 6 rings (SSSR count). The summed E-state index contributed by atoms with van der Waals surface area (Å²) < 4.78 is 3.62. The van der Waals surface area contributed by atoms with Gasteiger partial charge in [-0.3, -0.25) is 9.36 Å². The lowest BCUT2D eigenvalue weighted by atomic mass is 9.93. The van der Waals surface area contributed by atoms with E-state index in [0.29, 0.717) is 17.0 Å². The van der Waals surface area contributed by atoms with E-state index in [2.05, 4.69) is 30.2 Å². The van der Waals surface area contributed by atoms with Crippen molar-refractivity contribution in [1.82, 2.24) is 34.4 Å². The van der Waals surface area contributed by atoms with Crippen molar-refractivity contribution >= 4 is 33.9 Å². The van der Waals surface area contributed by atoms with Crippen LogP contribution < -0.4 is 15.9 Å². The number of imidazole rings is 2. The van der Waals surface area contributed by atoms with Crippen LogP contribution in [0.1, 0.15) is 48.8 Å². The summed E-state index contributed by atoms with van der Waals surface area (Å²) in [6.07, 6.45) is 6.36. The van der Waals surface area contributed by atoms with Crippen molar-refractivity contribution in [2.75, 3.05) is 18.0 Å². The molecule has 170 valence electrons. The van der Waals surface area contributed by atoms with E-state index in [1.807, 2.05) is 35.9 Å². The number of aromatic nitrogens is 6. The summed E-state index contributed by atoms with van der Waals surface area (Å²) in [4.78, 5) is 44.0. The lowest BCUT2D eigenvalue weighted by molar-refractivity contribution is 0.0903. The van der Waals surface area contributed by atoms with E-state index < -0.39 is 0 Å². The highest BCUT2D eigenvalue weighted by atomic mass is 16.2. The zero-order chi connectivity index (χ0) is 22.5. The average molecular weight is 447 g/mol. The highest BCUT2D eigenvalue weighted by molar-refractivity contribution is 5.96. The van der Waals surface area contributed by atoms with Crippen LogP contribution in [0.25, 0.3) is 22.2 Å². The summed E-state index contributed by atoms with van der Waals surface area (Å²) in [5.41, 5.74) is 3.03. The Morgan fingerprint density at radius 1 is 1.12 bits per heavy atom. The van der Waals surface area contributed by atoms with E-state index >= 15 is 0 Å². The van der Waals surface area contributed by atoms with Crippen LogP contribution >= 0.6 is 0 Å². The van der Waals surface area contributed by atoms with E-state index in [1.54, 1.807) is 4.57 Å². The number of para-hydroxylation sites is 2. The van der Waals surface area contributed by atoms with Gasteiger partial charge in [-0.2, -0.15) is 0 Å². The van der Waals surface area contributed by atoms with Gasteiger partial charge in [0.1, 0.15) is 6.33 Å². The molecular weight excluding hydrogens is 420 g/mol. The molecule has 3 aromatic heterocycles. The fourth-order valence-electron chi connectivity index (χ4n) is 5.00. The Hall–Kier alpha value is -3.69. The molecule has 2 N–H and O–H groups in total. The Bertz CT molecular complexity index is 1410. The maximum Gasteiger partial charge on any atom is 0.326 e. The van der Waals surface area contributed by atoms with Gasteiger partial charge in [-0.15, -0.1) is 0 Å². The molecule has 0 radical (unpaired) electrons. The second-order valence-electron chi connectivity index (χ2n) is 9.00. The van der Waals surface area contributed by atoms with Gasteiger partial charge in [0.2, 0.25) is 5.82 Å². The van der Waals surface area contributed by atoms with Crippen molar-refractivity contribution in [3.63, 3.8) is 0 Å². The summed E-state index contributed by atoms with van der Waals surface area (Å²) in [5, 5.41) is 3.06. The minimum atomic E-state index is -0.163. The number of anilines is 1. The van der Waals surface area contributed by atoms with Crippen LogP contribution in [0, 0.1) is 0 Å². The first-order valence-corrected chi connectivity index (χ1v) is 11.5. The van der Waals surface area contributed by atoms with Crippen LogP contribution in [0.4, 0.5) is 5.82 Å². The second-order valence-corrected chi connectivity index (χ2v) is 9.00. The molecule has 1 aliphatic heterocycles. The van der Waals surface area contributed by atoms with Crippen LogP contribution in [0.3, 0.4) is 0 Å². The predicted molar refractivity (Wildman–Crippen MR) is 124 cm³/mol. The number of carbonyl (C=O) groups excluding carboxylic acids is 1. The molecule has 0 spiro atoms. The first kappa shape index (κ1) is 20.0. The van der Waals surface area contributed by atoms with Crippen molar-refractivity contribution in [1.29, 1.82) is 0 Å². The normalized spacial score (nSPS) is 17.5. The van der Waals surface area contributed by atoms with Crippen molar-refractivity contribution in [3.05, 3.63) is 46.9 Å². The van der Waals surface area contributed by atoms with Gasteiger partial charge in [0.05, 0.1) is 11.0 Å². The van der Waals surface area contributed by atoms with E-state index in [-0.39, 0.29) is 23.7 Å². The molecule has 1 saturated heterocycles. The molecule has 10 nitrogen and oxygen atoms in total. The molecule has 2 aliphatic rings. The summed E-state index contributed by atoms with van der Waals surface area (Å²) in [7, 11) is 1.82. The van der Waals surface area contributed by atoms with Crippen LogP contribution in [0.15, 0.2) is 35.4 Å². The molecule has 10 heteroatoms. The van der Waals surface area contributed by atoms with E-state index in [9.17, 15) is 9.59 Å². The number of carbonyl (C=O) groups is 1. The zero-order valence-electron chi connectivity index (χ0n) is 18.5. The largest absolute Gasteiger partial charge is 0.355 e. The number of amides is 1. The Labute approximate surface area is 189 Å². The monoisotopic (exact) mass is 446 g/mol. The zero-order valence-corrected chi connectivity index (χ0v) is 18.5. The fraction of sp³-hybridized carbons (Fsp3) is 0.435. The fourth-order valence-corrected chi connectivity index (χ4v) is 5.00. The van der Waals surface area contributed by atoms with Gasteiger partial charge in [0, 0.05) is 32.2 Å². The molecule has 2 fully saturated rings. The molecule has 1 saturated carbocycles. The smallest absolute Gasteiger partial charge is 0.326 e. The number of rotatable bonds is 4. The highest BCUT2D eigenvalue weighted by Crippen LogP contribution is 2.30. The first-order valence-electron chi connectivity index (χ1n) is 11.5. The summed E-state index contributed by atoms with van der Waals surface area (Å²) in [5.74, 6) is 0.936. The first-order chi connectivity index (χ1) is 16.1. The molecule has 1 aromatic carbocycles. The van der Waals surface area contributed by atoms with Crippen LogP contribution in [0.5, 0.6) is 0 Å². The van der Waals surface area contributed by atoms with E-state index in [4.69, 9.17) is 0 Å². The second kappa shape index (κ2) is 7.72. The third kappa shape index (κ3) is 3.28. The molecular formula is C23H26N8O2. The topological polar surface area (TPSA) is 114 Å². The predicted octanol–water partition coefficient (Wildman–Crippen LogP) is 2.13. The maximum absolute atomic E-state index is 12.7. The van der Waals surface area contributed by atoms with Crippen LogP contribution in [-0.4, -0.2) is 54.1 Å². The average Bonchev–Trinajstić information content (AvgIpc) is 3.32. The van der Waals surface area contributed by atoms with Gasteiger partial charge in [-0.05, 0) is 44.2 Å². The van der Waals surface area contributed by atoms with E-state index in [1.165, 1.54) is 6.33 Å². The molecule has 1 amide bonds. The summed E-state index contributed by atoms with van der Waals surface area (Å²) >= 11 is 0. The maximum atomic E-state index is 12.7. The van der Waals surface area contributed by atoms with Crippen LogP contribution in [0.2, 0.25) is 0 Å². The molecule has 4 aromatic rings. The van der Waals surface area contributed by atoms with Crippen molar-refractivity contribution in [2.45, 2.75) is 44.2 Å². The Balaban J connectivity index is 1.26. The third-order valence-electron chi connectivity index (χ3n) is 7.03. The van der Waals surface area contributed by atoms with Crippen molar-refractivity contribution in [2.24, 2.45) is 7.05 Å². The molecule has 0 bridgehead atoms. The van der Waals surface area contributed by atoms with Gasteiger partial charge < -0.3 is 19.8 Å². The quantitative estimate of drug-likeness (QED) is 0.496. The Morgan fingerprint density at radius 2 is 1.91 bits per heavy atom. The number of nitrogens with zero attached hydrogens (tertiary/aromatic N) is 6.